The predicted molar refractivity (Wildman–Crippen MR) is 75.1 cm³/mol. The molecule has 1 aromatic heterocycles. The summed E-state index contributed by atoms with van der Waals surface area (Å²) in [5, 5.41) is 11.9. The monoisotopic (exact) mass is 280 g/mol. The molecule has 0 aliphatic heterocycles. The van der Waals surface area contributed by atoms with Crippen LogP contribution in [0.5, 0.6) is 0 Å². The molecule has 1 atom stereocenters. The van der Waals surface area contributed by atoms with E-state index in [-0.39, 0.29) is 28.8 Å². The van der Waals surface area contributed by atoms with E-state index < -0.39 is 12.0 Å². The highest BCUT2D eigenvalue weighted by Crippen LogP contribution is 2.15. The first-order valence-electron chi connectivity index (χ1n) is 6.43. The molecule has 0 fully saturated rings. The standard InChI is InChI=1S/C14H20N2O4/c1-7(2)15-13(18)10(5)16-9(4)12(14(19)20)8(3)6-11(16)17/h6-7,10H,1-5H3,(H,15,18)(H,19,20). The summed E-state index contributed by atoms with van der Waals surface area (Å²) in [5.74, 6) is -1.42. The van der Waals surface area contributed by atoms with E-state index in [1.807, 2.05) is 13.8 Å². The Bertz CT molecular complexity index is 602. The molecule has 0 aliphatic carbocycles. The van der Waals surface area contributed by atoms with Crippen LogP contribution in [0.15, 0.2) is 10.9 Å². The third kappa shape index (κ3) is 3.07. The second kappa shape index (κ2) is 5.90. The van der Waals surface area contributed by atoms with Crippen LogP contribution in [-0.2, 0) is 4.79 Å². The Labute approximate surface area is 117 Å². The van der Waals surface area contributed by atoms with Crippen molar-refractivity contribution >= 4 is 11.9 Å². The zero-order valence-corrected chi connectivity index (χ0v) is 12.4. The number of carboxylic acids is 1. The fourth-order valence-electron chi connectivity index (χ4n) is 2.23. The molecule has 1 aromatic rings. The van der Waals surface area contributed by atoms with E-state index in [4.69, 9.17) is 0 Å². The number of carbonyl (C=O) groups is 2. The van der Waals surface area contributed by atoms with Crippen LogP contribution in [0.25, 0.3) is 0 Å². The molecule has 6 heteroatoms. The number of pyridine rings is 1. The molecule has 1 heterocycles. The van der Waals surface area contributed by atoms with E-state index >= 15 is 0 Å². The van der Waals surface area contributed by atoms with Crippen molar-refractivity contribution in [1.82, 2.24) is 9.88 Å². The highest BCUT2D eigenvalue weighted by Gasteiger charge is 2.23. The Morgan fingerprint density at radius 3 is 2.25 bits per heavy atom. The molecule has 0 saturated heterocycles. The van der Waals surface area contributed by atoms with Gasteiger partial charge >= 0.3 is 5.97 Å². The quantitative estimate of drug-likeness (QED) is 0.868. The molecular formula is C14H20N2O4. The lowest BCUT2D eigenvalue weighted by Crippen LogP contribution is -2.40. The summed E-state index contributed by atoms with van der Waals surface area (Å²) in [7, 11) is 0. The molecule has 1 amide bonds. The number of nitrogens with one attached hydrogen (secondary N) is 1. The van der Waals surface area contributed by atoms with Crippen molar-refractivity contribution in [2.24, 2.45) is 0 Å². The maximum atomic E-state index is 12.1. The summed E-state index contributed by atoms with van der Waals surface area (Å²) in [6, 6.07) is 0.434. The number of rotatable bonds is 4. The number of nitrogens with zero attached hydrogens (tertiary/aromatic N) is 1. The Kier molecular flexibility index (Phi) is 4.70. The van der Waals surface area contributed by atoms with E-state index in [1.165, 1.54) is 17.6 Å². The smallest absolute Gasteiger partial charge is 0.337 e. The maximum Gasteiger partial charge on any atom is 0.337 e. The van der Waals surface area contributed by atoms with Crippen LogP contribution in [0.1, 0.15) is 48.4 Å². The summed E-state index contributed by atoms with van der Waals surface area (Å²) in [5.41, 5.74) is 0.367. The Morgan fingerprint density at radius 1 is 1.25 bits per heavy atom. The van der Waals surface area contributed by atoms with Gasteiger partial charge < -0.3 is 10.4 Å². The van der Waals surface area contributed by atoms with Crippen molar-refractivity contribution in [3.8, 4) is 0 Å². The minimum Gasteiger partial charge on any atom is -0.478 e. The average molecular weight is 280 g/mol. The van der Waals surface area contributed by atoms with Gasteiger partial charge in [0.15, 0.2) is 0 Å². The summed E-state index contributed by atoms with van der Waals surface area (Å²) in [6.07, 6.45) is 0. The molecule has 20 heavy (non-hydrogen) atoms. The lowest BCUT2D eigenvalue weighted by atomic mass is 10.1. The van der Waals surface area contributed by atoms with Gasteiger partial charge in [-0.15, -0.1) is 0 Å². The molecule has 0 aliphatic rings. The normalized spacial score (nSPS) is 12.3. The molecule has 0 aromatic carbocycles. The second-order valence-electron chi connectivity index (χ2n) is 5.14. The van der Waals surface area contributed by atoms with Crippen molar-refractivity contribution in [1.29, 1.82) is 0 Å². The second-order valence-corrected chi connectivity index (χ2v) is 5.14. The van der Waals surface area contributed by atoms with E-state index in [0.717, 1.165) is 0 Å². The van der Waals surface area contributed by atoms with Gasteiger partial charge in [0.25, 0.3) is 5.56 Å². The third-order valence-electron chi connectivity index (χ3n) is 3.11. The average Bonchev–Trinajstić information content (AvgIpc) is 2.25. The first-order chi connectivity index (χ1) is 9.16. The fourth-order valence-corrected chi connectivity index (χ4v) is 2.23. The van der Waals surface area contributed by atoms with Crippen molar-refractivity contribution in [3.63, 3.8) is 0 Å². The summed E-state index contributed by atoms with van der Waals surface area (Å²) < 4.78 is 1.22. The number of aromatic carboxylic acids is 1. The van der Waals surface area contributed by atoms with Gasteiger partial charge in [0.1, 0.15) is 6.04 Å². The van der Waals surface area contributed by atoms with Gasteiger partial charge in [-0.25, -0.2) is 4.79 Å². The van der Waals surface area contributed by atoms with Crippen molar-refractivity contribution < 1.29 is 14.7 Å². The van der Waals surface area contributed by atoms with E-state index in [9.17, 15) is 19.5 Å². The molecule has 6 nitrogen and oxygen atoms in total. The molecule has 0 spiro atoms. The van der Waals surface area contributed by atoms with Gasteiger partial charge in [0.05, 0.1) is 5.56 Å². The Balaban J connectivity index is 3.39. The first-order valence-corrected chi connectivity index (χ1v) is 6.43. The highest BCUT2D eigenvalue weighted by molar-refractivity contribution is 5.90. The van der Waals surface area contributed by atoms with Crippen LogP contribution >= 0.6 is 0 Å². The molecule has 110 valence electrons. The summed E-state index contributed by atoms with van der Waals surface area (Å²) in [4.78, 5) is 35.3. The van der Waals surface area contributed by atoms with Crippen LogP contribution in [0.3, 0.4) is 0 Å². The molecule has 0 bridgehead atoms. The molecular weight excluding hydrogens is 260 g/mol. The number of hydrogen-bond donors (Lipinski definition) is 2. The zero-order chi connectivity index (χ0) is 15.6. The minimum absolute atomic E-state index is 0.0506. The largest absolute Gasteiger partial charge is 0.478 e. The van der Waals surface area contributed by atoms with Crippen LogP contribution in [-0.4, -0.2) is 27.6 Å². The van der Waals surface area contributed by atoms with E-state index in [2.05, 4.69) is 5.32 Å². The number of carbonyl (C=O) groups excluding carboxylic acids is 1. The topological polar surface area (TPSA) is 88.4 Å². The van der Waals surface area contributed by atoms with Gasteiger partial charge in [0.2, 0.25) is 5.91 Å². The first kappa shape index (κ1) is 15.9. The molecule has 0 saturated carbocycles. The predicted octanol–water partition coefficient (Wildman–Crippen LogP) is 1.25. The Hall–Kier alpha value is -2.11. The fraction of sp³-hybridized carbons (Fsp3) is 0.500. The van der Waals surface area contributed by atoms with Gasteiger partial charge in [-0.05, 0) is 40.2 Å². The van der Waals surface area contributed by atoms with E-state index in [0.29, 0.717) is 5.56 Å². The zero-order valence-electron chi connectivity index (χ0n) is 12.4. The number of aromatic nitrogens is 1. The molecule has 2 N–H and O–H groups in total. The van der Waals surface area contributed by atoms with Gasteiger partial charge in [-0.3, -0.25) is 14.2 Å². The summed E-state index contributed by atoms with van der Waals surface area (Å²) >= 11 is 0. The lowest BCUT2D eigenvalue weighted by molar-refractivity contribution is -0.124. The van der Waals surface area contributed by atoms with Gasteiger partial charge in [0, 0.05) is 17.8 Å². The number of carboxylic acid groups (broad SMARTS) is 1. The van der Waals surface area contributed by atoms with Gasteiger partial charge in [-0.1, -0.05) is 0 Å². The maximum absolute atomic E-state index is 12.1. The summed E-state index contributed by atoms with van der Waals surface area (Å²) in [6.45, 7) is 8.32. The van der Waals surface area contributed by atoms with Crippen molar-refractivity contribution in [2.75, 3.05) is 0 Å². The van der Waals surface area contributed by atoms with Crippen LogP contribution in [0.4, 0.5) is 0 Å². The Morgan fingerprint density at radius 2 is 1.80 bits per heavy atom. The molecule has 1 rings (SSSR count). The van der Waals surface area contributed by atoms with Crippen LogP contribution in [0.2, 0.25) is 0 Å². The minimum atomic E-state index is -1.11. The van der Waals surface area contributed by atoms with E-state index in [1.54, 1.807) is 13.8 Å². The number of amides is 1. The van der Waals surface area contributed by atoms with Crippen molar-refractivity contribution in [3.05, 3.63) is 33.2 Å². The lowest BCUT2D eigenvalue weighted by Gasteiger charge is -2.21. The van der Waals surface area contributed by atoms with Gasteiger partial charge in [-0.2, -0.15) is 0 Å². The molecule has 0 radical (unpaired) electrons. The molecule has 1 unspecified atom stereocenters. The van der Waals surface area contributed by atoms with Crippen LogP contribution < -0.4 is 10.9 Å². The number of hydrogen-bond acceptors (Lipinski definition) is 3. The number of aryl methyl sites for hydroxylation is 1. The highest BCUT2D eigenvalue weighted by atomic mass is 16.4. The van der Waals surface area contributed by atoms with Crippen LogP contribution in [0, 0.1) is 13.8 Å². The third-order valence-corrected chi connectivity index (χ3v) is 3.11. The van der Waals surface area contributed by atoms with Crippen molar-refractivity contribution in [2.45, 2.75) is 46.7 Å². The SMILES string of the molecule is Cc1cc(=O)n(C(C)C(=O)NC(C)C)c(C)c1C(=O)O.